The Balaban J connectivity index is 1.89. The monoisotopic (exact) mass is 520 g/mol. The largest absolute Gasteiger partial charge is 0.384 e. The summed E-state index contributed by atoms with van der Waals surface area (Å²) < 4.78 is 24.4. The number of benzene rings is 3. The van der Waals surface area contributed by atoms with E-state index >= 15 is 0 Å². The number of nitrogens with zero attached hydrogens (tertiary/aromatic N) is 2. The van der Waals surface area contributed by atoms with Gasteiger partial charge in [0.05, 0.1) is 31.3 Å². The van der Waals surface area contributed by atoms with Gasteiger partial charge in [-0.25, -0.2) is 13.4 Å². The van der Waals surface area contributed by atoms with Gasteiger partial charge in [-0.15, -0.1) is 0 Å². The first-order valence-corrected chi connectivity index (χ1v) is 12.2. The van der Waals surface area contributed by atoms with Crippen molar-refractivity contribution in [3.63, 3.8) is 0 Å². The molecule has 4 rings (SSSR count). The molecule has 0 radical (unpaired) electrons. The Labute approximate surface area is 208 Å². The summed E-state index contributed by atoms with van der Waals surface area (Å²) in [5.41, 5.74) is 1.79. The fourth-order valence-electron chi connectivity index (χ4n) is 3.43. The highest BCUT2D eigenvalue weighted by atomic mass is 35.5. The lowest BCUT2D eigenvalue weighted by Crippen LogP contribution is -2.15. The summed E-state index contributed by atoms with van der Waals surface area (Å²) in [6, 6.07) is 17.2. The molecule has 1 aromatic heterocycles. The molecule has 5 nitrogen and oxygen atoms in total. The Morgan fingerprint density at radius 3 is 2.12 bits per heavy atom. The van der Waals surface area contributed by atoms with Crippen molar-refractivity contribution in [1.29, 1.82) is 0 Å². The van der Waals surface area contributed by atoms with E-state index in [4.69, 9.17) is 34.8 Å². The van der Waals surface area contributed by atoms with Gasteiger partial charge in [0, 0.05) is 11.8 Å². The Morgan fingerprint density at radius 2 is 1.52 bits per heavy atom. The Hall–Kier alpha value is -2.35. The van der Waals surface area contributed by atoms with Crippen LogP contribution in [-0.4, -0.2) is 23.1 Å². The molecule has 170 valence electrons. The zero-order valence-corrected chi connectivity index (χ0v) is 20.8. The molecule has 0 bridgehead atoms. The molecule has 0 atom stereocenters. The van der Waals surface area contributed by atoms with Gasteiger partial charge in [-0.1, -0.05) is 59.1 Å². The van der Waals surface area contributed by atoms with Crippen LogP contribution < -0.4 is 0 Å². The molecule has 0 fully saturated rings. The number of hydrogen-bond acceptors (Lipinski definition) is 4. The summed E-state index contributed by atoms with van der Waals surface area (Å²) in [5.74, 6) is 0.454. The minimum absolute atomic E-state index is 0.224. The fraction of sp³-hybridized carbons (Fsp3) is 0.125. The van der Waals surface area contributed by atoms with E-state index in [-0.39, 0.29) is 4.90 Å². The van der Waals surface area contributed by atoms with Gasteiger partial charge in [0.15, 0.2) is 10.7 Å². The zero-order valence-electron chi connectivity index (χ0n) is 17.6. The number of imidazole rings is 1. The second-order valence-corrected chi connectivity index (χ2v) is 10.2. The van der Waals surface area contributed by atoms with Crippen molar-refractivity contribution in [2.45, 2.75) is 24.3 Å². The van der Waals surface area contributed by atoms with Gasteiger partial charge in [0.2, 0.25) is 0 Å². The lowest BCUT2D eigenvalue weighted by Gasteiger charge is -2.13. The molecule has 0 saturated carbocycles. The Bertz CT molecular complexity index is 1410. The minimum atomic E-state index is -2.69. The van der Waals surface area contributed by atoms with E-state index in [1.165, 1.54) is 6.07 Å². The van der Waals surface area contributed by atoms with Crippen molar-refractivity contribution in [3.05, 3.63) is 87.6 Å². The van der Waals surface area contributed by atoms with Crippen LogP contribution in [0.25, 0.3) is 28.2 Å². The van der Waals surface area contributed by atoms with E-state index in [0.717, 1.165) is 11.1 Å². The number of aliphatic hydroxyl groups is 1. The van der Waals surface area contributed by atoms with Crippen LogP contribution in [0.1, 0.15) is 19.5 Å². The van der Waals surface area contributed by atoms with E-state index < -0.39 is 16.3 Å². The number of hydrogen-bond donors (Lipinski definition) is 2. The Kier molecular flexibility index (Phi) is 6.58. The van der Waals surface area contributed by atoms with Gasteiger partial charge in [0.1, 0.15) is 11.4 Å². The Morgan fingerprint density at radius 1 is 0.879 bits per heavy atom. The predicted molar refractivity (Wildman–Crippen MR) is 133 cm³/mol. The van der Waals surface area contributed by atoms with E-state index in [1.54, 1.807) is 67.1 Å². The van der Waals surface area contributed by atoms with E-state index in [1.807, 2.05) is 12.1 Å². The topological polar surface area (TPSA) is 72.2 Å². The molecule has 0 saturated heterocycles. The van der Waals surface area contributed by atoms with Crippen molar-refractivity contribution in [3.8, 4) is 28.2 Å². The number of rotatable bonds is 5. The number of halogens is 3. The summed E-state index contributed by atoms with van der Waals surface area (Å²) in [6.45, 7) is 3.27. The van der Waals surface area contributed by atoms with Gasteiger partial charge < -0.3 is 5.11 Å². The molecule has 0 aliphatic heterocycles. The number of thiol groups is 1. The number of para-hydroxylation sites is 1. The zero-order chi connectivity index (χ0) is 23.9. The van der Waals surface area contributed by atoms with Crippen LogP contribution in [0.15, 0.2) is 71.8 Å². The molecule has 1 heterocycles. The van der Waals surface area contributed by atoms with Crippen LogP contribution in [-0.2, 0) is 16.3 Å². The quantitative estimate of drug-likeness (QED) is 0.300. The first-order valence-electron chi connectivity index (χ1n) is 9.87. The first-order chi connectivity index (χ1) is 15.6. The SMILES string of the molecule is CC(C)(O)c1cn(-c2c(Cl)cccc2Cl)c(-c2ccc(-c3cccc([SH](=O)=O)c3)cc2Cl)n1. The standard InChI is InChI=1S/C24H19Cl3N2O3S/c1-24(2,30)21-13-29(22-18(25)7-4-8-19(22)26)23(28-21)17-10-9-15(12-20(17)27)14-5-3-6-16(11-14)33(31)32/h3-13,30,33H,1-2H3. The normalized spacial score (nSPS) is 11.8. The van der Waals surface area contributed by atoms with Gasteiger partial charge >= 0.3 is 0 Å². The maximum Gasteiger partial charge on any atom is 0.168 e. The molecule has 1 N–H and O–H groups in total. The van der Waals surface area contributed by atoms with Gasteiger partial charge in [-0.2, -0.15) is 0 Å². The third-order valence-corrected chi connectivity index (χ3v) is 6.73. The minimum Gasteiger partial charge on any atom is -0.384 e. The van der Waals surface area contributed by atoms with Gasteiger partial charge in [0.25, 0.3) is 0 Å². The molecule has 33 heavy (non-hydrogen) atoms. The lowest BCUT2D eigenvalue weighted by molar-refractivity contribution is 0.0743. The summed E-state index contributed by atoms with van der Waals surface area (Å²) in [7, 11) is -2.69. The van der Waals surface area contributed by atoms with Crippen LogP contribution in [0, 0.1) is 0 Å². The summed E-state index contributed by atoms with van der Waals surface area (Å²) in [6.07, 6.45) is 1.68. The van der Waals surface area contributed by atoms with Crippen molar-refractivity contribution >= 4 is 45.5 Å². The van der Waals surface area contributed by atoms with Crippen molar-refractivity contribution in [2.24, 2.45) is 0 Å². The molecule has 3 aromatic carbocycles. The highest BCUT2D eigenvalue weighted by molar-refractivity contribution is 7.72. The summed E-state index contributed by atoms with van der Waals surface area (Å²) >= 11 is 19.6. The smallest absolute Gasteiger partial charge is 0.168 e. The average Bonchev–Trinajstić information content (AvgIpc) is 3.19. The lowest BCUT2D eigenvalue weighted by atomic mass is 10.0. The van der Waals surface area contributed by atoms with Crippen LogP contribution in [0.3, 0.4) is 0 Å². The molecule has 0 amide bonds. The van der Waals surface area contributed by atoms with Crippen LogP contribution >= 0.6 is 34.8 Å². The van der Waals surface area contributed by atoms with Gasteiger partial charge in [-0.05, 0) is 61.4 Å². The highest BCUT2D eigenvalue weighted by Crippen LogP contribution is 2.38. The third kappa shape index (κ3) is 4.81. The second-order valence-electron chi connectivity index (χ2n) is 7.95. The van der Waals surface area contributed by atoms with Crippen molar-refractivity contribution in [2.75, 3.05) is 0 Å². The number of aromatic nitrogens is 2. The maximum atomic E-state index is 11.4. The molecule has 9 heteroatoms. The molecular formula is C24H19Cl3N2O3S. The fourth-order valence-corrected chi connectivity index (χ4v) is 4.73. The molecule has 0 unspecified atom stereocenters. The molecule has 0 spiro atoms. The van der Waals surface area contributed by atoms with Crippen molar-refractivity contribution in [1.82, 2.24) is 9.55 Å². The van der Waals surface area contributed by atoms with Gasteiger partial charge in [-0.3, -0.25) is 4.57 Å². The van der Waals surface area contributed by atoms with E-state index in [2.05, 4.69) is 4.98 Å². The summed E-state index contributed by atoms with van der Waals surface area (Å²) in [5, 5.41) is 11.8. The van der Waals surface area contributed by atoms with Crippen LogP contribution in [0.4, 0.5) is 0 Å². The van der Waals surface area contributed by atoms with Crippen LogP contribution in [0.2, 0.25) is 15.1 Å². The van der Waals surface area contributed by atoms with Crippen molar-refractivity contribution < 1.29 is 13.5 Å². The second kappa shape index (κ2) is 9.12. The molecule has 0 aliphatic carbocycles. The highest BCUT2D eigenvalue weighted by Gasteiger charge is 2.25. The maximum absolute atomic E-state index is 11.4. The summed E-state index contributed by atoms with van der Waals surface area (Å²) in [4.78, 5) is 4.87. The van der Waals surface area contributed by atoms with E-state index in [9.17, 15) is 13.5 Å². The van der Waals surface area contributed by atoms with Crippen LogP contribution in [0.5, 0.6) is 0 Å². The predicted octanol–water partition coefficient (Wildman–Crippen LogP) is 6.36. The first kappa shape index (κ1) is 23.8. The van der Waals surface area contributed by atoms with E-state index in [0.29, 0.717) is 37.8 Å². The average molecular weight is 522 g/mol. The molecular weight excluding hydrogens is 503 g/mol. The molecule has 0 aliphatic rings. The third-order valence-electron chi connectivity index (χ3n) is 5.11. The molecule has 4 aromatic rings.